The van der Waals surface area contributed by atoms with Gasteiger partial charge in [0.15, 0.2) is 23.1 Å². The number of nitro benzene ring substituents is 1. The number of hydrogen-bond acceptors (Lipinski definition) is 13. The zero-order valence-electron chi connectivity index (χ0n) is 16.9. The van der Waals surface area contributed by atoms with Crippen molar-refractivity contribution in [2.45, 2.75) is 0 Å². The van der Waals surface area contributed by atoms with Gasteiger partial charge in [-0.15, -0.1) is 0 Å². The molecule has 33 heavy (non-hydrogen) atoms. The van der Waals surface area contributed by atoms with Gasteiger partial charge in [0.25, 0.3) is 5.69 Å². The number of anilines is 3. The average Bonchev–Trinajstić information content (AvgIpc) is 3.47. The molecule has 4 aromatic rings. The van der Waals surface area contributed by atoms with Crippen LogP contribution in [-0.2, 0) is 0 Å². The van der Waals surface area contributed by atoms with Gasteiger partial charge in [-0.25, -0.2) is 9.61 Å². The van der Waals surface area contributed by atoms with Crippen LogP contribution in [0.25, 0.3) is 11.3 Å². The van der Waals surface area contributed by atoms with Crippen LogP contribution in [0, 0.1) is 10.1 Å². The summed E-state index contributed by atoms with van der Waals surface area (Å²) < 4.78 is 20.5. The maximum Gasteiger partial charge on any atom is 0.282 e. The number of nitrogens with one attached hydrogen (secondary N) is 2. The molecular formula is C19H14N8O6. The molecule has 1 aliphatic heterocycles. The fourth-order valence-electron chi connectivity index (χ4n) is 3.05. The van der Waals surface area contributed by atoms with E-state index in [1.54, 1.807) is 19.2 Å². The van der Waals surface area contributed by atoms with Crippen molar-refractivity contribution in [2.24, 2.45) is 5.10 Å². The summed E-state index contributed by atoms with van der Waals surface area (Å²) in [5.41, 5.74) is 3.67. The molecule has 0 aliphatic carbocycles. The Morgan fingerprint density at radius 3 is 2.61 bits per heavy atom. The molecule has 2 N–H and O–H groups in total. The van der Waals surface area contributed by atoms with Gasteiger partial charge < -0.3 is 19.5 Å². The first-order valence-corrected chi connectivity index (χ1v) is 9.40. The lowest BCUT2D eigenvalue weighted by molar-refractivity contribution is -0.385. The van der Waals surface area contributed by atoms with Gasteiger partial charge in [-0.3, -0.25) is 15.5 Å². The predicted molar refractivity (Wildman–Crippen MR) is 114 cm³/mol. The van der Waals surface area contributed by atoms with E-state index in [1.165, 1.54) is 18.3 Å². The second-order valence-electron chi connectivity index (χ2n) is 6.55. The molecule has 0 saturated carbocycles. The smallest absolute Gasteiger partial charge is 0.282 e. The van der Waals surface area contributed by atoms with Gasteiger partial charge in [0.05, 0.1) is 35.6 Å². The summed E-state index contributed by atoms with van der Waals surface area (Å²) in [6, 6.07) is 9.95. The van der Waals surface area contributed by atoms with E-state index in [9.17, 15) is 10.1 Å². The summed E-state index contributed by atoms with van der Waals surface area (Å²) in [6.45, 7) is -0.00927. The fourth-order valence-corrected chi connectivity index (χ4v) is 3.05. The first kappa shape index (κ1) is 19.9. The maximum atomic E-state index is 11.4. The van der Waals surface area contributed by atoms with Crippen molar-refractivity contribution in [1.82, 2.24) is 20.3 Å². The second-order valence-corrected chi connectivity index (χ2v) is 6.55. The summed E-state index contributed by atoms with van der Waals surface area (Å²) in [4.78, 5) is 19.6. The largest absolute Gasteiger partial charge is 0.495 e. The van der Waals surface area contributed by atoms with Crippen molar-refractivity contribution in [3.8, 4) is 17.2 Å². The molecule has 14 heteroatoms. The van der Waals surface area contributed by atoms with Crippen molar-refractivity contribution in [3.63, 3.8) is 0 Å². The van der Waals surface area contributed by atoms with Gasteiger partial charge in [0, 0.05) is 0 Å². The highest BCUT2D eigenvalue weighted by molar-refractivity contribution is 5.88. The molecule has 0 amide bonds. The third kappa shape index (κ3) is 3.87. The highest BCUT2D eigenvalue weighted by Crippen LogP contribution is 2.37. The Balaban J connectivity index is 1.47. The molecule has 2 aromatic carbocycles. The Labute approximate surface area is 184 Å². The van der Waals surface area contributed by atoms with Crippen LogP contribution in [0.1, 0.15) is 5.56 Å². The number of hydrazone groups is 1. The Hall–Kier alpha value is -5.01. The predicted octanol–water partition coefficient (Wildman–Crippen LogP) is 2.85. The fraction of sp³-hybridized carbons (Fsp3) is 0.105. The van der Waals surface area contributed by atoms with E-state index in [-0.39, 0.29) is 41.0 Å². The first-order valence-electron chi connectivity index (χ1n) is 9.40. The quantitative estimate of drug-likeness (QED) is 0.240. The Morgan fingerprint density at radius 2 is 1.85 bits per heavy atom. The topological polar surface area (TPSA) is 172 Å². The third-order valence-corrected chi connectivity index (χ3v) is 4.57. The zero-order valence-corrected chi connectivity index (χ0v) is 16.9. The molecule has 2 aromatic heterocycles. The molecule has 0 saturated heterocycles. The van der Waals surface area contributed by atoms with Crippen LogP contribution in [0.15, 0.2) is 46.1 Å². The second kappa shape index (κ2) is 8.26. The number of methoxy groups -OCH3 is 1. The Kier molecular flexibility index (Phi) is 4.99. The Bertz CT molecular complexity index is 1390. The summed E-state index contributed by atoms with van der Waals surface area (Å²) in [5.74, 6) is 1.67. The molecule has 3 heterocycles. The number of para-hydroxylation sites is 2. The van der Waals surface area contributed by atoms with Crippen molar-refractivity contribution >= 4 is 40.5 Å². The van der Waals surface area contributed by atoms with Gasteiger partial charge in [-0.2, -0.15) is 10.1 Å². The van der Waals surface area contributed by atoms with Crippen molar-refractivity contribution in [3.05, 3.63) is 52.1 Å². The number of nitrogens with zero attached hydrogens (tertiary/aromatic N) is 6. The average molecular weight is 450 g/mol. The molecular weight excluding hydrogens is 436 g/mol. The summed E-state index contributed by atoms with van der Waals surface area (Å²) >= 11 is 0. The minimum atomic E-state index is -0.537. The van der Waals surface area contributed by atoms with E-state index < -0.39 is 4.92 Å². The highest BCUT2D eigenvalue weighted by Gasteiger charge is 2.22. The van der Waals surface area contributed by atoms with Gasteiger partial charge in [0.1, 0.15) is 5.75 Å². The number of benzene rings is 2. The molecule has 0 atom stereocenters. The number of hydrogen-bond donors (Lipinski definition) is 2. The summed E-state index contributed by atoms with van der Waals surface area (Å²) in [6.07, 6.45) is 1.26. The number of fused-ring (bicyclic) bond motifs is 2. The van der Waals surface area contributed by atoms with E-state index >= 15 is 0 Å². The molecule has 14 nitrogen and oxygen atoms in total. The Morgan fingerprint density at radius 1 is 1.12 bits per heavy atom. The van der Waals surface area contributed by atoms with Gasteiger partial charge >= 0.3 is 0 Å². The standard InChI is InChI=1S/C19H14N8O6/c1-30-13-5-3-2-4-11(13)21-16-17(23-19-18(22-16)25-33-26-19)24-20-8-10-6-14-15(32-9-31-14)7-12(10)27(28)29/h2-8H,9H2,1H3,(H,21,22,25)(H,23,24,26)/b20-8+. The third-order valence-electron chi connectivity index (χ3n) is 4.57. The van der Waals surface area contributed by atoms with E-state index in [2.05, 4.69) is 40.8 Å². The van der Waals surface area contributed by atoms with Gasteiger partial charge in [-0.1, -0.05) is 12.1 Å². The van der Waals surface area contributed by atoms with Crippen LogP contribution in [0.5, 0.6) is 17.2 Å². The highest BCUT2D eigenvalue weighted by atomic mass is 16.7. The number of rotatable bonds is 7. The van der Waals surface area contributed by atoms with Gasteiger partial charge in [-0.05, 0) is 28.5 Å². The van der Waals surface area contributed by atoms with Crippen LogP contribution in [0.3, 0.4) is 0 Å². The van der Waals surface area contributed by atoms with Crippen LogP contribution >= 0.6 is 0 Å². The van der Waals surface area contributed by atoms with Crippen molar-refractivity contribution in [1.29, 1.82) is 0 Å². The van der Waals surface area contributed by atoms with Crippen LogP contribution in [0.2, 0.25) is 0 Å². The van der Waals surface area contributed by atoms with E-state index in [0.717, 1.165) is 0 Å². The van der Waals surface area contributed by atoms with Gasteiger partial charge in [0.2, 0.25) is 18.1 Å². The minimum Gasteiger partial charge on any atom is -0.495 e. The maximum absolute atomic E-state index is 11.4. The normalized spacial score (nSPS) is 12.3. The van der Waals surface area contributed by atoms with Crippen LogP contribution in [-0.4, -0.2) is 45.3 Å². The van der Waals surface area contributed by atoms with E-state index in [0.29, 0.717) is 22.9 Å². The van der Waals surface area contributed by atoms with Crippen molar-refractivity contribution in [2.75, 3.05) is 24.6 Å². The number of ether oxygens (including phenoxy) is 3. The number of nitro groups is 1. The van der Waals surface area contributed by atoms with E-state index in [1.807, 2.05) is 12.1 Å². The molecule has 166 valence electrons. The van der Waals surface area contributed by atoms with Crippen LogP contribution < -0.4 is 25.0 Å². The minimum absolute atomic E-state index is 0.00927. The molecule has 0 bridgehead atoms. The number of aromatic nitrogens is 4. The first-order chi connectivity index (χ1) is 16.1. The van der Waals surface area contributed by atoms with Crippen molar-refractivity contribution < 1.29 is 23.8 Å². The SMILES string of the molecule is COc1ccccc1Nc1nc2nonc2nc1N/N=C/c1cc2c(cc1[N+](=O)[O-])OCO2. The van der Waals surface area contributed by atoms with E-state index in [4.69, 9.17) is 14.2 Å². The molecule has 0 spiro atoms. The molecule has 0 radical (unpaired) electrons. The van der Waals surface area contributed by atoms with Crippen LogP contribution in [0.4, 0.5) is 23.0 Å². The monoisotopic (exact) mass is 450 g/mol. The lowest BCUT2D eigenvalue weighted by Gasteiger charge is -2.12. The lowest BCUT2D eigenvalue weighted by atomic mass is 10.1. The lowest BCUT2D eigenvalue weighted by Crippen LogP contribution is -2.04. The molecule has 0 fully saturated rings. The zero-order chi connectivity index (χ0) is 22.8. The molecule has 1 aliphatic rings. The molecule has 5 rings (SSSR count). The molecule has 0 unspecified atom stereocenters. The summed E-state index contributed by atoms with van der Waals surface area (Å²) in [5, 5.41) is 26.0. The summed E-state index contributed by atoms with van der Waals surface area (Å²) in [7, 11) is 1.54.